The number of hydrogen-bond donors (Lipinski definition) is 2. The molecule has 1 fully saturated rings. The first-order valence-electron chi connectivity index (χ1n) is 6.81. The number of nitrogens with one attached hydrogen (secondary N) is 2. The van der Waals surface area contributed by atoms with Crippen LogP contribution in [-0.2, 0) is 4.79 Å². The van der Waals surface area contributed by atoms with E-state index in [4.69, 9.17) is 0 Å². The summed E-state index contributed by atoms with van der Waals surface area (Å²) in [5.74, 6) is 0.948. The van der Waals surface area contributed by atoms with Crippen LogP contribution < -0.4 is 10.6 Å². The van der Waals surface area contributed by atoms with Crippen LogP contribution >= 0.6 is 24.0 Å². The maximum absolute atomic E-state index is 11.4. The first-order valence-corrected chi connectivity index (χ1v) is 6.81. The third-order valence-electron chi connectivity index (χ3n) is 3.30. The number of hydrogen-bond acceptors (Lipinski definition) is 2. The van der Waals surface area contributed by atoms with Gasteiger partial charge in [0.25, 0.3) is 0 Å². The van der Waals surface area contributed by atoms with Crippen LogP contribution in [0.25, 0.3) is 0 Å². The maximum atomic E-state index is 11.4. The Hall–Kier alpha value is -0.530. The van der Waals surface area contributed by atoms with E-state index in [1.54, 1.807) is 26.0 Å². The zero-order valence-corrected chi connectivity index (χ0v) is 14.6. The molecule has 1 saturated carbocycles. The topological polar surface area (TPSA) is 56.7 Å². The monoisotopic (exact) mass is 382 g/mol. The minimum Gasteiger partial charge on any atom is -0.356 e. The van der Waals surface area contributed by atoms with Crippen LogP contribution in [0.1, 0.15) is 38.5 Å². The fourth-order valence-electron chi connectivity index (χ4n) is 2.15. The van der Waals surface area contributed by atoms with Gasteiger partial charge in [0, 0.05) is 40.2 Å². The highest BCUT2D eigenvalue weighted by molar-refractivity contribution is 14.0. The normalized spacial score (nSPS) is 16.5. The Bertz CT molecular complexity index is 288. The zero-order chi connectivity index (χ0) is 13.4. The molecule has 6 heteroatoms. The molecule has 5 nitrogen and oxygen atoms in total. The quantitative estimate of drug-likeness (QED) is 0.441. The van der Waals surface area contributed by atoms with Gasteiger partial charge in [-0.15, -0.1) is 24.0 Å². The van der Waals surface area contributed by atoms with Crippen molar-refractivity contribution in [2.45, 2.75) is 44.6 Å². The summed E-state index contributed by atoms with van der Waals surface area (Å²) in [7, 11) is 5.32. The van der Waals surface area contributed by atoms with Crippen molar-refractivity contribution in [2.75, 3.05) is 27.7 Å². The van der Waals surface area contributed by atoms with Crippen molar-refractivity contribution in [2.24, 2.45) is 4.99 Å². The Morgan fingerprint density at radius 2 is 1.89 bits per heavy atom. The molecular weight excluding hydrogens is 355 g/mol. The van der Waals surface area contributed by atoms with E-state index in [0.29, 0.717) is 19.0 Å². The van der Waals surface area contributed by atoms with E-state index < -0.39 is 0 Å². The molecule has 1 rings (SSSR count). The predicted molar refractivity (Wildman–Crippen MR) is 90.1 cm³/mol. The second-order valence-corrected chi connectivity index (χ2v) is 5.02. The highest BCUT2D eigenvalue weighted by Gasteiger charge is 2.14. The van der Waals surface area contributed by atoms with Crippen molar-refractivity contribution >= 4 is 35.8 Å². The highest BCUT2D eigenvalue weighted by Crippen LogP contribution is 2.17. The third kappa shape index (κ3) is 7.59. The van der Waals surface area contributed by atoms with Crippen LogP contribution in [0.4, 0.5) is 0 Å². The summed E-state index contributed by atoms with van der Waals surface area (Å²) in [5.41, 5.74) is 0. The first kappa shape index (κ1) is 18.5. The number of rotatable bonds is 4. The van der Waals surface area contributed by atoms with Crippen LogP contribution in [-0.4, -0.2) is 50.5 Å². The molecule has 0 radical (unpaired) electrons. The van der Waals surface area contributed by atoms with Gasteiger partial charge in [-0.2, -0.15) is 0 Å². The fourth-order valence-corrected chi connectivity index (χ4v) is 2.15. The van der Waals surface area contributed by atoms with Gasteiger partial charge in [0.05, 0.1) is 0 Å². The Labute approximate surface area is 133 Å². The molecule has 0 heterocycles. The third-order valence-corrected chi connectivity index (χ3v) is 3.30. The molecule has 0 spiro atoms. The lowest BCUT2D eigenvalue weighted by atomic mass is 9.96. The summed E-state index contributed by atoms with van der Waals surface area (Å²) in [6.45, 7) is 0.628. The largest absolute Gasteiger partial charge is 0.356 e. The van der Waals surface area contributed by atoms with Gasteiger partial charge >= 0.3 is 0 Å². The smallest absolute Gasteiger partial charge is 0.223 e. The van der Waals surface area contributed by atoms with Crippen LogP contribution in [0.3, 0.4) is 0 Å². The van der Waals surface area contributed by atoms with Crippen molar-refractivity contribution in [3.05, 3.63) is 0 Å². The summed E-state index contributed by atoms with van der Waals surface area (Å²) < 4.78 is 0. The number of carbonyl (C=O) groups excluding carboxylic acids is 1. The van der Waals surface area contributed by atoms with Gasteiger partial charge in [0.2, 0.25) is 5.91 Å². The van der Waals surface area contributed by atoms with E-state index in [2.05, 4.69) is 15.6 Å². The molecule has 0 aromatic carbocycles. The molecule has 1 aliphatic rings. The van der Waals surface area contributed by atoms with Gasteiger partial charge in [-0.05, 0) is 12.8 Å². The predicted octanol–water partition coefficient (Wildman–Crippen LogP) is 1.58. The van der Waals surface area contributed by atoms with Crippen molar-refractivity contribution < 1.29 is 4.79 Å². The van der Waals surface area contributed by atoms with Gasteiger partial charge in [-0.25, -0.2) is 0 Å². The summed E-state index contributed by atoms with van der Waals surface area (Å²) in [5, 5.41) is 6.62. The number of carbonyl (C=O) groups is 1. The fraction of sp³-hybridized carbons (Fsp3) is 0.846. The molecule has 0 unspecified atom stereocenters. The molecule has 2 N–H and O–H groups in total. The molecule has 0 aliphatic heterocycles. The number of halogens is 1. The Kier molecular flexibility index (Phi) is 9.99. The molecule has 0 atom stereocenters. The Balaban J connectivity index is 0.00000324. The Morgan fingerprint density at radius 1 is 1.26 bits per heavy atom. The lowest BCUT2D eigenvalue weighted by Crippen LogP contribution is -2.45. The molecule has 0 aromatic heterocycles. The summed E-state index contributed by atoms with van der Waals surface area (Å²) >= 11 is 0. The molecule has 0 saturated heterocycles. The van der Waals surface area contributed by atoms with Crippen molar-refractivity contribution in [1.82, 2.24) is 15.5 Å². The maximum Gasteiger partial charge on any atom is 0.223 e. The number of aliphatic imine (C=N–C) groups is 1. The molecule has 112 valence electrons. The molecular formula is C13H27IN4O. The van der Waals surface area contributed by atoms with Crippen molar-refractivity contribution in [3.63, 3.8) is 0 Å². The van der Waals surface area contributed by atoms with Crippen molar-refractivity contribution in [1.29, 1.82) is 0 Å². The van der Waals surface area contributed by atoms with Crippen LogP contribution in [0, 0.1) is 0 Å². The van der Waals surface area contributed by atoms with Gasteiger partial charge < -0.3 is 15.5 Å². The van der Waals surface area contributed by atoms with Crippen LogP contribution in [0.2, 0.25) is 0 Å². The Morgan fingerprint density at radius 3 is 2.42 bits per heavy atom. The lowest BCUT2D eigenvalue weighted by molar-refractivity contribution is -0.128. The minimum atomic E-state index is 0. The average molecular weight is 382 g/mol. The van der Waals surface area contributed by atoms with E-state index in [-0.39, 0.29) is 29.9 Å². The number of nitrogens with zero attached hydrogens (tertiary/aromatic N) is 2. The summed E-state index contributed by atoms with van der Waals surface area (Å²) in [6.07, 6.45) is 6.89. The average Bonchev–Trinajstić information content (AvgIpc) is 2.38. The van der Waals surface area contributed by atoms with E-state index >= 15 is 0 Å². The van der Waals surface area contributed by atoms with Gasteiger partial charge in [-0.3, -0.25) is 9.79 Å². The van der Waals surface area contributed by atoms with E-state index in [9.17, 15) is 4.79 Å². The molecule has 1 amide bonds. The molecule has 0 aromatic rings. The number of guanidine groups is 1. The SMILES string of the molecule is CN=C(NCCC(=O)N(C)C)NC1CCCCC1.I. The van der Waals surface area contributed by atoms with E-state index in [0.717, 1.165) is 5.96 Å². The molecule has 19 heavy (non-hydrogen) atoms. The first-order chi connectivity index (χ1) is 8.63. The summed E-state index contributed by atoms with van der Waals surface area (Å²) in [6, 6.07) is 0.537. The highest BCUT2D eigenvalue weighted by atomic mass is 127. The molecule has 0 bridgehead atoms. The lowest BCUT2D eigenvalue weighted by Gasteiger charge is -2.24. The van der Waals surface area contributed by atoms with Crippen LogP contribution in [0.15, 0.2) is 4.99 Å². The van der Waals surface area contributed by atoms with Crippen LogP contribution in [0.5, 0.6) is 0 Å². The zero-order valence-electron chi connectivity index (χ0n) is 12.2. The summed E-state index contributed by atoms with van der Waals surface area (Å²) in [4.78, 5) is 17.2. The van der Waals surface area contributed by atoms with Gasteiger partial charge in [-0.1, -0.05) is 19.3 Å². The van der Waals surface area contributed by atoms with E-state index in [1.807, 2.05) is 0 Å². The minimum absolute atomic E-state index is 0. The second-order valence-electron chi connectivity index (χ2n) is 5.02. The van der Waals surface area contributed by atoms with Gasteiger partial charge in [0.15, 0.2) is 5.96 Å². The van der Waals surface area contributed by atoms with E-state index in [1.165, 1.54) is 32.1 Å². The van der Waals surface area contributed by atoms with Gasteiger partial charge in [0.1, 0.15) is 0 Å². The second kappa shape index (κ2) is 10.3. The number of amides is 1. The standard InChI is InChI=1S/C13H26N4O.HI/c1-14-13(15-10-9-12(18)17(2)3)16-11-7-5-4-6-8-11;/h11H,4-10H2,1-3H3,(H2,14,15,16);1H. The molecule has 1 aliphatic carbocycles. The van der Waals surface area contributed by atoms with Crippen molar-refractivity contribution in [3.8, 4) is 0 Å².